The smallest absolute Gasteiger partial charge is 0.265 e. The van der Waals surface area contributed by atoms with Crippen LogP contribution in [0.3, 0.4) is 0 Å². The Bertz CT molecular complexity index is 704. The molecule has 1 amide bonds. The number of hydrogen-bond acceptors (Lipinski definition) is 3. The molecular weight excluding hydrogens is 414 g/mol. The third-order valence-corrected chi connectivity index (χ3v) is 4.15. The normalized spacial score (nSPS) is 11.8. The van der Waals surface area contributed by atoms with Crippen LogP contribution in [0.25, 0.3) is 0 Å². The maximum atomic E-state index is 12.2. The summed E-state index contributed by atoms with van der Waals surface area (Å²) < 4.78 is 7.35. The van der Waals surface area contributed by atoms with Crippen molar-refractivity contribution in [2.75, 3.05) is 5.32 Å². The lowest BCUT2D eigenvalue weighted by Crippen LogP contribution is -2.30. The molecule has 2 aromatic rings. The lowest BCUT2D eigenvalue weighted by molar-refractivity contribution is -0.122. The number of phenols is 1. The maximum Gasteiger partial charge on any atom is 0.265 e. The van der Waals surface area contributed by atoms with Crippen LogP contribution < -0.4 is 10.1 Å². The summed E-state index contributed by atoms with van der Waals surface area (Å²) in [7, 11) is 0. The average molecular weight is 429 g/mol. The maximum absolute atomic E-state index is 12.2. The summed E-state index contributed by atoms with van der Waals surface area (Å²) >= 11 is 6.76. The third-order valence-electron chi connectivity index (χ3n) is 3.03. The van der Waals surface area contributed by atoms with E-state index < -0.39 is 6.10 Å². The zero-order valence-corrected chi connectivity index (χ0v) is 15.2. The number of amides is 1. The molecule has 116 valence electrons. The van der Waals surface area contributed by atoms with Gasteiger partial charge in [0, 0.05) is 10.2 Å². The van der Waals surface area contributed by atoms with E-state index in [-0.39, 0.29) is 11.7 Å². The number of aryl methyl sites for hydroxylation is 1. The molecule has 4 nitrogen and oxygen atoms in total. The minimum absolute atomic E-state index is 0.165. The molecule has 0 saturated carbocycles. The average Bonchev–Trinajstić information content (AvgIpc) is 2.44. The molecule has 0 radical (unpaired) electrons. The van der Waals surface area contributed by atoms with Gasteiger partial charge in [-0.3, -0.25) is 4.79 Å². The van der Waals surface area contributed by atoms with Gasteiger partial charge in [0.25, 0.3) is 5.91 Å². The molecule has 2 aromatic carbocycles. The second-order valence-electron chi connectivity index (χ2n) is 4.82. The van der Waals surface area contributed by atoms with E-state index >= 15 is 0 Å². The fourth-order valence-electron chi connectivity index (χ4n) is 1.84. The molecule has 0 aliphatic rings. The molecule has 6 heteroatoms. The number of ether oxygens (including phenoxy) is 1. The molecule has 2 N–H and O–H groups in total. The number of rotatable bonds is 4. The largest absolute Gasteiger partial charge is 0.508 e. The molecule has 0 saturated heterocycles. The molecule has 0 aliphatic heterocycles. The minimum Gasteiger partial charge on any atom is -0.508 e. The van der Waals surface area contributed by atoms with Crippen molar-refractivity contribution in [3.05, 3.63) is 50.9 Å². The molecule has 0 heterocycles. The summed E-state index contributed by atoms with van der Waals surface area (Å²) in [5.74, 6) is 0.496. The van der Waals surface area contributed by atoms with Crippen molar-refractivity contribution < 1.29 is 14.6 Å². The summed E-state index contributed by atoms with van der Waals surface area (Å²) in [4.78, 5) is 12.2. The molecule has 0 fully saturated rings. The van der Waals surface area contributed by atoms with Gasteiger partial charge in [0.2, 0.25) is 0 Å². The number of carbonyl (C=O) groups excluding carboxylic acids is 1. The molecular formula is C16H15Br2NO3. The summed E-state index contributed by atoms with van der Waals surface area (Å²) in [6.07, 6.45) is -0.661. The molecule has 0 aromatic heterocycles. The summed E-state index contributed by atoms with van der Waals surface area (Å²) in [5, 5.41) is 12.2. The molecule has 2 rings (SSSR count). The highest BCUT2D eigenvalue weighted by Gasteiger charge is 2.17. The van der Waals surface area contributed by atoms with Gasteiger partial charge in [0.1, 0.15) is 11.5 Å². The Hall–Kier alpha value is -1.53. The number of hydrogen-bond donors (Lipinski definition) is 2. The number of nitrogens with one attached hydrogen (secondary N) is 1. The molecule has 22 heavy (non-hydrogen) atoms. The van der Waals surface area contributed by atoms with Crippen molar-refractivity contribution in [3.63, 3.8) is 0 Å². The van der Waals surface area contributed by atoms with E-state index in [1.54, 1.807) is 25.1 Å². The lowest BCUT2D eigenvalue weighted by Gasteiger charge is -2.16. The quantitative estimate of drug-likeness (QED) is 0.697. The van der Waals surface area contributed by atoms with Crippen LogP contribution >= 0.6 is 31.9 Å². The summed E-state index contributed by atoms with van der Waals surface area (Å²) in [6.45, 7) is 3.49. The first-order valence-electron chi connectivity index (χ1n) is 6.59. The van der Waals surface area contributed by atoms with Crippen LogP contribution in [0.5, 0.6) is 11.5 Å². The van der Waals surface area contributed by atoms with Gasteiger partial charge in [-0.25, -0.2) is 0 Å². The van der Waals surface area contributed by atoms with Crippen LogP contribution in [0.15, 0.2) is 45.3 Å². The highest BCUT2D eigenvalue weighted by molar-refractivity contribution is 9.11. The lowest BCUT2D eigenvalue weighted by atomic mass is 10.2. The first-order chi connectivity index (χ1) is 10.4. The van der Waals surface area contributed by atoms with E-state index in [2.05, 4.69) is 37.2 Å². The van der Waals surface area contributed by atoms with Gasteiger partial charge in [-0.05, 0) is 71.7 Å². The van der Waals surface area contributed by atoms with Gasteiger partial charge >= 0.3 is 0 Å². The standard InChI is InChI=1S/C16H15Br2NO3/c1-9-7-12(20)4-5-14(9)19-16(21)10(2)22-15-6-3-11(17)8-13(15)18/h3-8,10,20H,1-2H3,(H,19,21). The van der Waals surface area contributed by atoms with E-state index in [0.29, 0.717) is 11.4 Å². The van der Waals surface area contributed by atoms with Crippen LogP contribution in [-0.4, -0.2) is 17.1 Å². The fraction of sp³-hybridized carbons (Fsp3) is 0.188. The van der Waals surface area contributed by atoms with Crippen LogP contribution in [0, 0.1) is 6.92 Å². The highest BCUT2D eigenvalue weighted by atomic mass is 79.9. The number of benzene rings is 2. The van der Waals surface area contributed by atoms with E-state index in [4.69, 9.17) is 4.74 Å². The zero-order chi connectivity index (χ0) is 16.3. The van der Waals surface area contributed by atoms with Crippen molar-refractivity contribution >= 4 is 43.5 Å². The fourth-order valence-corrected chi connectivity index (χ4v) is 2.98. The van der Waals surface area contributed by atoms with E-state index in [1.165, 1.54) is 6.07 Å². The number of aromatic hydroxyl groups is 1. The number of carbonyl (C=O) groups is 1. The monoisotopic (exact) mass is 427 g/mol. The van der Waals surface area contributed by atoms with Crippen molar-refractivity contribution in [3.8, 4) is 11.5 Å². The van der Waals surface area contributed by atoms with Crippen LogP contribution in [-0.2, 0) is 4.79 Å². The SMILES string of the molecule is Cc1cc(O)ccc1NC(=O)C(C)Oc1ccc(Br)cc1Br. The molecule has 0 spiro atoms. The van der Waals surface area contributed by atoms with Crippen molar-refractivity contribution in [1.29, 1.82) is 0 Å². The number of phenolic OH excluding ortho intramolecular Hbond substituents is 1. The topological polar surface area (TPSA) is 58.6 Å². The van der Waals surface area contributed by atoms with Crippen molar-refractivity contribution in [1.82, 2.24) is 0 Å². The highest BCUT2D eigenvalue weighted by Crippen LogP contribution is 2.29. The van der Waals surface area contributed by atoms with Gasteiger partial charge in [0.15, 0.2) is 6.10 Å². The Morgan fingerprint density at radius 3 is 2.59 bits per heavy atom. The van der Waals surface area contributed by atoms with E-state index in [9.17, 15) is 9.90 Å². The van der Waals surface area contributed by atoms with E-state index in [0.717, 1.165) is 14.5 Å². The predicted molar refractivity (Wildman–Crippen MR) is 93.4 cm³/mol. The van der Waals surface area contributed by atoms with Gasteiger partial charge in [-0.1, -0.05) is 15.9 Å². The molecule has 1 unspecified atom stereocenters. The summed E-state index contributed by atoms with van der Waals surface area (Å²) in [5.41, 5.74) is 1.43. The van der Waals surface area contributed by atoms with Crippen LogP contribution in [0.4, 0.5) is 5.69 Å². The van der Waals surface area contributed by atoms with Crippen molar-refractivity contribution in [2.24, 2.45) is 0 Å². The Morgan fingerprint density at radius 2 is 1.95 bits per heavy atom. The number of anilines is 1. The summed E-state index contributed by atoms with van der Waals surface area (Å²) in [6, 6.07) is 10.2. The predicted octanol–water partition coefficient (Wildman–Crippen LogP) is 4.63. The van der Waals surface area contributed by atoms with Gasteiger partial charge in [0.05, 0.1) is 4.47 Å². The van der Waals surface area contributed by atoms with Gasteiger partial charge < -0.3 is 15.2 Å². The zero-order valence-electron chi connectivity index (χ0n) is 12.1. The molecule has 0 aliphatic carbocycles. The van der Waals surface area contributed by atoms with Gasteiger partial charge in [-0.2, -0.15) is 0 Å². The number of halogens is 2. The van der Waals surface area contributed by atoms with Crippen LogP contribution in [0.2, 0.25) is 0 Å². The first kappa shape index (κ1) is 16.8. The third kappa shape index (κ3) is 4.24. The van der Waals surface area contributed by atoms with Crippen LogP contribution in [0.1, 0.15) is 12.5 Å². The molecule has 1 atom stereocenters. The second-order valence-corrected chi connectivity index (χ2v) is 6.59. The van der Waals surface area contributed by atoms with E-state index in [1.807, 2.05) is 19.1 Å². The Balaban J connectivity index is 2.05. The van der Waals surface area contributed by atoms with Crippen molar-refractivity contribution in [2.45, 2.75) is 20.0 Å². The Kier molecular flexibility index (Phi) is 5.47. The van der Waals surface area contributed by atoms with Gasteiger partial charge in [-0.15, -0.1) is 0 Å². The first-order valence-corrected chi connectivity index (χ1v) is 8.17. The Labute approximate surface area is 145 Å². The second kappa shape index (κ2) is 7.15. The Morgan fingerprint density at radius 1 is 1.23 bits per heavy atom. The molecule has 0 bridgehead atoms. The minimum atomic E-state index is -0.661.